The zero-order valence-corrected chi connectivity index (χ0v) is 12.3. The number of benzene rings is 1. The van der Waals surface area contributed by atoms with E-state index in [1.165, 1.54) is 12.7 Å². The van der Waals surface area contributed by atoms with Gasteiger partial charge in [0.05, 0.1) is 10.7 Å². The number of carbonyl (C=O) groups excluding carboxylic acids is 1. The summed E-state index contributed by atoms with van der Waals surface area (Å²) in [5, 5.41) is 6.55. The lowest BCUT2D eigenvalue weighted by atomic mass is 10.2. The molecule has 0 heterocycles. The van der Waals surface area contributed by atoms with Crippen molar-refractivity contribution in [1.29, 1.82) is 0 Å². The van der Waals surface area contributed by atoms with Crippen molar-refractivity contribution in [3.05, 3.63) is 23.2 Å². The number of carbonyl (C=O) groups is 1. The van der Waals surface area contributed by atoms with Gasteiger partial charge in [-0.2, -0.15) is 11.8 Å². The summed E-state index contributed by atoms with van der Waals surface area (Å²) in [6, 6.07) is 5.57. The lowest BCUT2D eigenvalue weighted by Gasteiger charge is -2.09. The fourth-order valence-corrected chi connectivity index (χ4v) is 2.33. The topological polar surface area (TPSA) is 41.1 Å². The molecule has 0 radical (unpaired) electrons. The first kappa shape index (κ1) is 15.2. The summed E-state index contributed by atoms with van der Waals surface area (Å²) in [5.74, 6) is 2.22. The van der Waals surface area contributed by atoms with Gasteiger partial charge in [-0.3, -0.25) is 4.79 Å². The lowest BCUT2D eigenvalue weighted by molar-refractivity contribution is -0.114. The van der Waals surface area contributed by atoms with Crippen molar-refractivity contribution in [2.24, 2.45) is 0 Å². The summed E-state index contributed by atoms with van der Waals surface area (Å²) in [5.41, 5.74) is 1.63. The molecular formula is C13H19ClN2OS. The van der Waals surface area contributed by atoms with E-state index in [9.17, 15) is 4.79 Å². The molecular weight excluding hydrogens is 268 g/mol. The van der Waals surface area contributed by atoms with Crippen LogP contribution in [0.1, 0.15) is 20.3 Å². The molecule has 100 valence electrons. The van der Waals surface area contributed by atoms with E-state index in [0.717, 1.165) is 24.4 Å². The van der Waals surface area contributed by atoms with Crippen LogP contribution >= 0.6 is 23.4 Å². The highest BCUT2D eigenvalue weighted by Gasteiger charge is 2.03. The number of halogens is 1. The quantitative estimate of drug-likeness (QED) is 0.748. The maximum atomic E-state index is 10.9. The minimum atomic E-state index is -0.116. The van der Waals surface area contributed by atoms with Gasteiger partial charge in [-0.25, -0.2) is 0 Å². The van der Waals surface area contributed by atoms with Crippen molar-refractivity contribution in [3.8, 4) is 0 Å². The van der Waals surface area contributed by atoms with Gasteiger partial charge in [0.15, 0.2) is 0 Å². The van der Waals surface area contributed by atoms with Crippen molar-refractivity contribution in [1.82, 2.24) is 0 Å². The molecule has 18 heavy (non-hydrogen) atoms. The van der Waals surface area contributed by atoms with E-state index in [1.54, 1.807) is 0 Å². The zero-order valence-electron chi connectivity index (χ0n) is 10.8. The molecule has 1 aromatic carbocycles. The van der Waals surface area contributed by atoms with E-state index in [4.69, 9.17) is 11.6 Å². The SMILES string of the molecule is CCSCCCNc1ccc(NC(C)=O)c(Cl)c1. The summed E-state index contributed by atoms with van der Waals surface area (Å²) >= 11 is 8.02. The van der Waals surface area contributed by atoms with Gasteiger partial charge in [-0.15, -0.1) is 0 Å². The first-order chi connectivity index (χ1) is 8.63. The van der Waals surface area contributed by atoms with Crippen LogP contribution in [0.4, 0.5) is 11.4 Å². The fourth-order valence-electron chi connectivity index (χ4n) is 1.47. The monoisotopic (exact) mass is 286 g/mol. The molecule has 0 fully saturated rings. The van der Waals surface area contributed by atoms with Crippen LogP contribution in [0.2, 0.25) is 5.02 Å². The Bertz CT molecular complexity index is 399. The first-order valence-corrected chi connectivity index (χ1v) is 7.55. The van der Waals surface area contributed by atoms with Gasteiger partial charge >= 0.3 is 0 Å². The number of rotatable bonds is 7. The zero-order chi connectivity index (χ0) is 13.4. The molecule has 2 N–H and O–H groups in total. The van der Waals surface area contributed by atoms with E-state index in [0.29, 0.717) is 10.7 Å². The molecule has 0 aliphatic heterocycles. The number of hydrogen-bond donors (Lipinski definition) is 2. The molecule has 0 aliphatic rings. The molecule has 0 unspecified atom stereocenters. The predicted molar refractivity (Wildman–Crippen MR) is 81.9 cm³/mol. The third-order valence-corrected chi connectivity index (χ3v) is 3.58. The Labute approximate surface area is 118 Å². The van der Waals surface area contributed by atoms with Gasteiger partial charge in [0.1, 0.15) is 0 Å². The largest absolute Gasteiger partial charge is 0.385 e. The van der Waals surface area contributed by atoms with Crippen LogP contribution in [0.3, 0.4) is 0 Å². The standard InChI is InChI=1S/C13H19ClN2OS/c1-3-18-8-4-7-15-11-5-6-13(12(14)9-11)16-10(2)17/h5-6,9,15H,3-4,7-8H2,1-2H3,(H,16,17). The van der Waals surface area contributed by atoms with Gasteiger partial charge < -0.3 is 10.6 Å². The predicted octanol–water partition coefficient (Wildman–Crippen LogP) is 3.85. The average molecular weight is 287 g/mol. The summed E-state index contributed by atoms with van der Waals surface area (Å²) in [6.45, 7) is 4.56. The summed E-state index contributed by atoms with van der Waals surface area (Å²) in [7, 11) is 0. The van der Waals surface area contributed by atoms with Crippen LogP contribution in [0, 0.1) is 0 Å². The van der Waals surface area contributed by atoms with Crippen LogP contribution < -0.4 is 10.6 Å². The highest BCUT2D eigenvalue weighted by Crippen LogP contribution is 2.25. The van der Waals surface area contributed by atoms with Crippen LogP contribution in [0.25, 0.3) is 0 Å². The molecule has 1 aromatic rings. The van der Waals surface area contributed by atoms with E-state index in [2.05, 4.69) is 17.6 Å². The number of hydrogen-bond acceptors (Lipinski definition) is 3. The van der Waals surface area contributed by atoms with E-state index in [1.807, 2.05) is 30.0 Å². The average Bonchev–Trinajstić information content (AvgIpc) is 2.32. The van der Waals surface area contributed by atoms with Crippen molar-refractivity contribution >= 4 is 40.6 Å². The summed E-state index contributed by atoms with van der Waals surface area (Å²) < 4.78 is 0. The molecule has 0 saturated carbocycles. The molecule has 0 spiro atoms. The van der Waals surface area contributed by atoms with Crippen LogP contribution in [-0.2, 0) is 4.79 Å². The third kappa shape index (κ3) is 5.65. The normalized spacial score (nSPS) is 10.2. The van der Waals surface area contributed by atoms with Crippen LogP contribution in [0.5, 0.6) is 0 Å². The van der Waals surface area contributed by atoms with Gasteiger partial charge in [0.25, 0.3) is 0 Å². The minimum absolute atomic E-state index is 0.116. The van der Waals surface area contributed by atoms with Gasteiger partial charge in [0.2, 0.25) is 5.91 Å². The number of anilines is 2. The molecule has 5 heteroatoms. The molecule has 0 bridgehead atoms. The maximum Gasteiger partial charge on any atom is 0.221 e. The van der Waals surface area contributed by atoms with Crippen molar-refractivity contribution in [3.63, 3.8) is 0 Å². The second kappa shape index (κ2) is 8.27. The fraction of sp³-hybridized carbons (Fsp3) is 0.462. The third-order valence-electron chi connectivity index (χ3n) is 2.28. The number of nitrogens with one attached hydrogen (secondary N) is 2. The highest BCUT2D eigenvalue weighted by molar-refractivity contribution is 7.99. The van der Waals surface area contributed by atoms with Gasteiger partial charge in [0, 0.05) is 19.2 Å². The molecule has 1 amide bonds. The molecule has 1 rings (SSSR count). The number of thioether (sulfide) groups is 1. The second-order valence-corrected chi connectivity index (χ2v) is 5.65. The van der Waals surface area contributed by atoms with Crippen molar-refractivity contribution < 1.29 is 4.79 Å². The highest BCUT2D eigenvalue weighted by atomic mass is 35.5. The summed E-state index contributed by atoms with van der Waals surface area (Å²) in [6.07, 6.45) is 1.13. The van der Waals surface area contributed by atoms with E-state index < -0.39 is 0 Å². The Hall–Kier alpha value is -0.870. The molecule has 0 atom stereocenters. The van der Waals surface area contributed by atoms with Gasteiger partial charge in [-0.05, 0) is 36.1 Å². The molecule has 0 aromatic heterocycles. The van der Waals surface area contributed by atoms with Crippen LogP contribution in [-0.4, -0.2) is 24.0 Å². The Balaban J connectivity index is 2.43. The van der Waals surface area contributed by atoms with Crippen molar-refractivity contribution in [2.75, 3.05) is 28.7 Å². The molecule has 3 nitrogen and oxygen atoms in total. The smallest absolute Gasteiger partial charge is 0.221 e. The number of amides is 1. The van der Waals surface area contributed by atoms with E-state index in [-0.39, 0.29) is 5.91 Å². The van der Waals surface area contributed by atoms with Gasteiger partial charge in [-0.1, -0.05) is 18.5 Å². The Morgan fingerprint density at radius 1 is 1.44 bits per heavy atom. The lowest BCUT2D eigenvalue weighted by Crippen LogP contribution is -2.07. The van der Waals surface area contributed by atoms with E-state index >= 15 is 0 Å². The minimum Gasteiger partial charge on any atom is -0.385 e. The Morgan fingerprint density at radius 2 is 2.22 bits per heavy atom. The Kier molecular flexibility index (Phi) is 6.98. The second-order valence-electron chi connectivity index (χ2n) is 3.85. The maximum absolute atomic E-state index is 10.9. The Morgan fingerprint density at radius 3 is 2.83 bits per heavy atom. The van der Waals surface area contributed by atoms with Crippen molar-refractivity contribution in [2.45, 2.75) is 20.3 Å². The summed E-state index contributed by atoms with van der Waals surface area (Å²) in [4.78, 5) is 10.9. The van der Waals surface area contributed by atoms with Crippen LogP contribution in [0.15, 0.2) is 18.2 Å². The first-order valence-electron chi connectivity index (χ1n) is 6.02. The molecule has 0 aliphatic carbocycles. The molecule has 0 saturated heterocycles.